The van der Waals surface area contributed by atoms with Gasteiger partial charge in [0.1, 0.15) is 11.3 Å². The third kappa shape index (κ3) is 4.12. The van der Waals surface area contributed by atoms with Crippen molar-refractivity contribution < 1.29 is 13.6 Å². The molecule has 1 N–H and O–H groups in total. The van der Waals surface area contributed by atoms with E-state index in [9.17, 15) is 4.79 Å². The molecule has 4 rings (SSSR count). The highest BCUT2D eigenvalue weighted by Crippen LogP contribution is 2.29. The van der Waals surface area contributed by atoms with Gasteiger partial charge in [0.2, 0.25) is 0 Å². The van der Waals surface area contributed by atoms with Gasteiger partial charge in [0, 0.05) is 10.3 Å². The zero-order valence-corrected chi connectivity index (χ0v) is 15.3. The highest BCUT2D eigenvalue weighted by Gasteiger charge is 2.11. The fraction of sp³-hybridized carbons (Fsp3) is 0.0476. The Kier molecular flexibility index (Phi) is 4.80. The Morgan fingerprint density at radius 3 is 2.67 bits per heavy atom. The number of carbonyl (C=O) groups is 1. The van der Waals surface area contributed by atoms with Crippen molar-refractivity contribution in [2.45, 2.75) is 16.9 Å². The largest absolute Gasteiger partial charge is 0.451 e. The zero-order valence-electron chi connectivity index (χ0n) is 14.5. The number of hydrogen-bond donors (Lipinski definition) is 1. The lowest BCUT2D eigenvalue weighted by Gasteiger charge is -1.98. The van der Waals surface area contributed by atoms with Gasteiger partial charge in [-0.3, -0.25) is 4.79 Å². The van der Waals surface area contributed by atoms with E-state index in [1.54, 1.807) is 12.1 Å². The fourth-order valence-corrected chi connectivity index (χ4v) is 3.26. The lowest BCUT2D eigenvalue weighted by Crippen LogP contribution is -2.16. The molecule has 0 unspecified atom stereocenters. The van der Waals surface area contributed by atoms with Gasteiger partial charge in [-0.25, -0.2) is 5.43 Å². The quantitative estimate of drug-likeness (QED) is 0.382. The second-order valence-corrected chi connectivity index (χ2v) is 7.00. The van der Waals surface area contributed by atoms with Crippen LogP contribution in [0.1, 0.15) is 21.9 Å². The minimum Gasteiger partial charge on any atom is -0.451 e. The van der Waals surface area contributed by atoms with Crippen molar-refractivity contribution in [1.29, 1.82) is 0 Å². The van der Waals surface area contributed by atoms with Crippen molar-refractivity contribution in [3.63, 3.8) is 0 Å². The molecule has 0 spiro atoms. The van der Waals surface area contributed by atoms with Crippen LogP contribution in [0, 0.1) is 6.92 Å². The van der Waals surface area contributed by atoms with Crippen LogP contribution in [0.4, 0.5) is 0 Å². The smallest absolute Gasteiger partial charge is 0.307 e. The normalized spacial score (nSPS) is 11.3. The highest BCUT2D eigenvalue weighted by atomic mass is 32.2. The number of nitrogens with zero attached hydrogens (tertiary/aromatic N) is 1. The molecule has 0 aliphatic heterocycles. The zero-order chi connectivity index (χ0) is 18.6. The first-order valence-electron chi connectivity index (χ1n) is 8.34. The van der Waals surface area contributed by atoms with Gasteiger partial charge in [-0.05, 0) is 43.3 Å². The van der Waals surface area contributed by atoms with Gasteiger partial charge in [-0.1, -0.05) is 47.7 Å². The number of rotatable bonds is 5. The van der Waals surface area contributed by atoms with Crippen molar-refractivity contribution in [2.24, 2.45) is 5.10 Å². The first kappa shape index (κ1) is 17.2. The molecule has 134 valence electrons. The second kappa shape index (κ2) is 7.55. The van der Waals surface area contributed by atoms with Crippen LogP contribution >= 0.6 is 11.8 Å². The summed E-state index contributed by atoms with van der Waals surface area (Å²) in [7, 11) is 0. The molecule has 27 heavy (non-hydrogen) atoms. The molecule has 5 nitrogen and oxygen atoms in total. The van der Waals surface area contributed by atoms with Crippen molar-refractivity contribution in [3.8, 4) is 0 Å². The van der Waals surface area contributed by atoms with E-state index < -0.39 is 5.91 Å². The molecule has 0 radical (unpaired) electrons. The van der Waals surface area contributed by atoms with E-state index in [1.807, 2.05) is 42.5 Å². The number of amides is 1. The Morgan fingerprint density at radius 2 is 1.85 bits per heavy atom. The Bertz CT molecular complexity index is 1080. The molecule has 0 fully saturated rings. The molecule has 0 bridgehead atoms. The maximum absolute atomic E-state index is 12.1. The van der Waals surface area contributed by atoms with Crippen LogP contribution in [0.25, 0.3) is 11.0 Å². The monoisotopic (exact) mass is 376 g/mol. The summed E-state index contributed by atoms with van der Waals surface area (Å²) < 4.78 is 11.2. The number of aryl methyl sites for hydroxylation is 1. The SMILES string of the molecule is Cc1ccc(Sc2ccc(/C=N/NC(=O)c3cc4ccccc4o3)o2)cc1. The summed E-state index contributed by atoms with van der Waals surface area (Å²) in [6.45, 7) is 2.05. The summed E-state index contributed by atoms with van der Waals surface area (Å²) in [5.74, 6) is 0.348. The van der Waals surface area contributed by atoms with Crippen LogP contribution in [-0.4, -0.2) is 12.1 Å². The number of carbonyl (C=O) groups excluding carboxylic acids is 1. The predicted octanol–water partition coefficient (Wildman–Crippen LogP) is 5.25. The molecule has 2 aromatic heterocycles. The minimum absolute atomic E-state index is 0.211. The Morgan fingerprint density at radius 1 is 1.04 bits per heavy atom. The Balaban J connectivity index is 1.37. The standard InChI is InChI=1S/C21H16N2O3S/c1-14-6-9-17(10-7-14)27-20-11-8-16(25-20)13-22-23-21(24)19-12-15-4-2-3-5-18(15)26-19/h2-13H,1H3,(H,23,24)/b22-13+. The first-order chi connectivity index (χ1) is 13.2. The molecule has 4 aromatic rings. The number of hydrogen-bond acceptors (Lipinski definition) is 5. The fourth-order valence-electron chi connectivity index (χ4n) is 2.48. The molecule has 2 aromatic carbocycles. The summed E-state index contributed by atoms with van der Waals surface area (Å²) in [5.41, 5.74) is 4.32. The summed E-state index contributed by atoms with van der Waals surface area (Å²) >= 11 is 1.53. The summed E-state index contributed by atoms with van der Waals surface area (Å²) in [6, 6.07) is 21.0. The molecule has 0 atom stereocenters. The van der Waals surface area contributed by atoms with Crippen molar-refractivity contribution in [1.82, 2.24) is 5.43 Å². The van der Waals surface area contributed by atoms with E-state index in [4.69, 9.17) is 8.83 Å². The minimum atomic E-state index is -0.414. The van der Waals surface area contributed by atoms with Gasteiger partial charge >= 0.3 is 5.91 Å². The van der Waals surface area contributed by atoms with Crippen molar-refractivity contribution in [2.75, 3.05) is 0 Å². The van der Waals surface area contributed by atoms with Crippen molar-refractivity contribution >= 4 is 34.9 Å². The van der Waals surface area contributed by atoms with Gasteiger partial charge in [0.05, 0.1) is 6.21 Å². The summed E-state index contributed by atoms with van der Waals surface area (Å²) in [6.07, 6.45) is 1.46. The maximum atomic E-state index is 12.1. The second-order valence-electron chi connectivity index (χ2n) is 5.92. The van der Waals surface area contributed by atoms with E-state index in [0.29, 0.717) is 11.3 Å². The molecule has 0 aliphatic rings. The molecule has 0 aliphatic carbocycles. The van der Waals surface area contributed by atoms with Gasteiger partial charge in [0.25, 0.3) is 0 Å². The molecule has 0 saturated carbocycles. The number of hydrazone groups is 1. The van der Waals surface area contributed by atoms with Crippen LogP contribution in [-0.2, 0) is 0 Å². The van der Waals surface area contributed by atoms with Gasteiger partial charge < -0.3 is 8.83 Å². The summed E-state index contributed by atoms with van der Waals surface area (Å²) in [5, 5.41) is 5.56. The molecule has 6 heteroatoms. The van der Waals surface area contributed by atoms with Crippen molar-refractivity contribution in [3.05, 3.63) is 83.8 Å². The van der Waals surface area contributed by atoms with E-state index in [1.165, 1.54) is 23.5 Å². The molecular weight excluding hydrogens is 360 g/mol. The third-order valence-electron chi connectivity index (χ3n) is 3.85. The molecule has 2 heterocycles. The van der Waals surface area contributed by atoms with Crippen LogP contribution in [0.3, 0.4) is 0 Å². The Labute approximate surface area is 160 Å². The van der Waals surface area contributed by atoms with E-state index >= 15 is 0 Å². The van der Waals surface area contributed by atoms with Gasteiger partial charge in [-0.2, -0.15) is 5.10 Å². The third-order valence-corrected chi connectivity index (χ3v) is 4.78. The van der Waals surface area contributed by atoms with Gasteiger partial charge in [0.15, 0.2) is 10.9 Å². The molecular formula is C21H16N2O3S. The number of nitrogens with one attached hydrogen (secondary N) is 1. The lowest BCUT2D eigenvalue weighted by atomic mass is 10.2. The maximum Gasteiger partial charge on any atom is 0.307 e. The topological polar surface area (TPSA) is 67.7 Å². The Hall–Kier alpha value is -3.25. The predicted molar refractivity (Wildman–Crippen MR) is 105 cm³/mol. The van der Waals surface area contributed by atoms with Crippen LogP contribution in [0.15, 0.2) is 90.7 Å². The number of benzene rings is 2. The van der Waals surface area contributed by atoms with E-state index in [0.717, 1.165) is 15.4 Å². The van der Waals surface area contributed by atoms with E-state index in [-0.39, 0.29) is 5.76 Å². The molecule has 0 saturated heterocycles. The van der Waals surface area contributed by atoms with Crippen LogP contribution in [0.2, 0.25) is 0 Å². The average Bonchev–Trinajstić information content (AvgIpc) is 3.30. The van der Waals surface area contributed by atoms with Crippen LogP contribution < -0.4 is 5.43 Å². The first-order valence-corrected chi connectivity index (χ1v) is 9.15. The van der Waals surface area contributed by atoms with Gasteiger partial charge in [-0.15, -0.1) is 0 Å². The number of para-hydroxylation sites is 1. The summed E-state index contributed by atoms with van der Waals surface area (Å²) in [4.78, 5) is 13.2. The lowest BCUT2D eigenvalue weighted by molar-refractivity contribution is 0.0929. The average molecular weight is 376 g/mol. The highest BCUT2D eigenvalue weighted by molar-refractivity contribution is 7.99. The number of furan rings is 2. The molecule has 1 amide bonds. The van der Waals surface area contributed by atoms with E-state index in [2.05, 4.69) is 29.6 Å². The van der Waals surface area contributed by atoms with Crippen LogP contribution in [0.5, 0.6) is 0 Å². The number of fused-ring (bicyclic) bond motifs is 1.